The highest BCUT2D eigenvalue weighted by atomic mass is 16.3. The average Bonchev–Trinajstić information content (AvgIpc) is 2.37. The number of hydrogen-bond acceptors (Lipinski definition) is 3. The van der Waals surface area contributed by atoms with Crippen molar-refractivity contribution in [1.29, 1.82) is 10.5 Å². The van der Waals surface area contributed by atoms with Gasteiger partial charge in [0.25, 0.3) is 0 Å². The number of allylic oxidation sites excluding steroid dienone is 2. The molecule has 1 unspecified atom stereocenters. The largest absolute Gasteiger partial charge is 0.394 e. The summed E-state index contributed by atoms with van der Waals surface area (Å²) in [5.41, 5.74) is 1.19. The molecule has 0 saturated heterocycles. The lowest BCUT2D eigenvalue weighted by Crippen LogP contribution is -2.31. The standard InChI is InChI=1S/C13H10N2O/c14-7-10-5-6-13(8-15,9-16)12-4-2-1-3-11(10)12/h1-5,16H,6,9H2. The first-order valence-electron chi connectivity index (χ1n) is 4.99. The minimum Gasteiger partial charge on any atom is -0.394 e. The molecular weight excluding hydrogens is 200 g/mol. The Morgan fingerprint density at radius 1 is 1.31 bits per heavy atom. The Morgan fingerprint density at radius 2 is 2.06 bits per heavy atom. The summed E-state index contributed by atoms with van der Waals surface area (Å²) in [6, 6.07) is 11.5. The summed E-state index contributed by atoms with van der Waals surface area (Å²) in [6.45, 7) is -0.226. The van der Waals surface area contributed by atoms with E-state index >= 15 is 0 Å². The van der Waals surface area contributed by atoms with Crippen LogP contribution in [0.4, 0.5) is 0 Å². The molecular formula is C13H10N2O. The van der Waals surface area contributed by atoms with Crippen molar-refractivity contribution in [1.82, 2.24) is 0 Å². The van der Waals surface area contributed by atoms with Gasteiger partial charge >= 0.3 is 0 Å². The highest BCUT2D eigenvalue weighted by molar-refractivity contribution is 5.81. The number of fused-ring (bicyclic) bond motifs is 1. The summed E-state index contributed by atoms with van der Waals surface area (Å²) >= 11 is 0. The maximum Gasteiger partial charge on any atom is 0.109 e. The Morgan fingerprint density at radius 3 is 2.69 bits per heavy atom. The van der Waals surface area contributed by atoms with E-state index in [1.165, 1.54) is 0 Å². The van der Waals surface area contributed by atoms with Crippen LogP contribution in [-0.2, 0) is 5.41 Å². The topological polar surface area (TPSA) is 67.8 Å². The van der Waals surface area contributed by atoms with Crippen molar-refractivity contribution >= 4 is 5.57 Å². The van der Waals surface area contributed by atoms with E-state index in [4.69, 9.17) is 5.26 Å². The van der Waals surface area contributed by atoms with E-state index in [-0.39, 0.29) is 6.61 Å². The molecule has 0 radical (unpaired) electrons. The first kappa shape index (κ1) is 10.4. The van der Waals surface area contributed by atoms with E-state index in [0.29, 0.717) is 12.0 Å². The molecule has 1 atom stereocenters. The smallest absolute Gasteiger partial charge is 0.109 e. The van der Waals surface area contributed by atoms with Gasteiger partial charge in [0.1, 0.15) is 5.41 Å². The maximum absolute atomic E-state index is 9.41. The van der Waals surface area contributed by atoms with Gasteiger partial charge in [0.15, 0.2) is 0 Å². The predicted octanol–water partition coefficient (Wildman–Crippen LogP) is 1.75. The third-order valence-corrected chi connectivity index (χ3v) is 2.99. The van der Waals surface area contributed by atoms with E-state index in [2.05, 4.69) is 12.1 Å². The van der Waals surface area contributed by atoms with Crippen molar-refractivity contribution in [2.24, 2.45) is 0 Å². The molecule has 3 nitrogen and oxygen atoms in total. The summed E-state index contributed by atoms with van der Waals surface area (Å²) < 4.78 is 0. The zero-order chi connectivity index (χ0) is 11.6. The molecule has 3 heteroatoms. The zero-order valence-corrected chi connectivity index (χ0v) is 8.64. The van der Waals surface area contributed by atoms with Crippen molar-refractivity contribution in [2.75, 3.05) is 6.61 Å². The van der Waals surface area contributed by atoms with Gasteiger partial charge in [-0.05, 0) is 17.5 Å². The molecule has 1 N–H and O–H groups in total. The number of rotatable bonds is 1. The molecule has 1 aromatic rings. The van der Waals surface area contributed by atoms with Crippen LogP contribution in [-0.4, -0.2) is 11.7 Å². The molecule has 1 aliphatic rings. The number of nitrogens with zero attached hydrogens (tertiary/aromatic N) is 2. The van der Waals surface area contributed by atoms with E-state index in [9.17, 15) is 10.4 Å². The number of aliphatic hydroxyl groups excluding tert-OH is 1. The lowest BCUT2D eigenvalue weighted by atomic mass is 9.72. The maximum atomic E-state index is 9.41. The lowest BCUT2D eigenvalue weighted by Gasteiger charge is -2.29. The Bertz CT molecular complexity index is 534. The van der Waals surface area contributed by atoms with Crippen LogP contribution in [0.5, 0.6) is 0 Å². The Labute approximate surface area is 93.9 Å². The first-order chi connectivity index (χ1) is 7.77. The van der Waals surface area contributed by atoms with Crippen LogP contribution in [0, 0.1) is 22.7 Å². The molecule has 0 heterocycles. The fourth-order valence-corrected chi connectivity index (χ4v) is 2.03. The molecule has 2 rings (SSSR count). The van der Waals surface area contributed by atoms with Crippen LogP contribution in [0.25, 0.3) is 5.57 Å². The van der Waals surface area contributed by atoms with Gasteiger partial charge in [-0.25, -0.2) is 0 Å². The van der Waals surface area contributed by atoms with Gasteiger partial charge in [0.2, 0.25) is 0 Å². The number of nitriles is 2. The normalized spacial score (nSPS) is 22.6. The van der Waals surface area contributed by atoms with E-state index < -0.39 is 5.41 Å². The molecule has 1 aromatic carbocycles. The molecule has 0 aromatic heterocycles. The van der Waals surface area contributed by atoms with Crippen molar-refractivity contribution in [3.05, 3.63) is 41.5 Å². The fourth-order valence-electron chi connectivity index (χ4n) is 2.03. The van der Waals surface area contributed by atoms with Crippen molar-refractivity contribution in [2.45, 2.75) is 11.8 Å². The van der Waals surface area contributed by atoms with Gasteiger partial charge in [-0.15, -0.1) is 0 Å². The van der Waals surface area contributed by atoms with Gasteiger partial charge < -0.3 is 5.11 Å². The van der Waals surface area contributed by atoms with Gasteiger partial charge in [0.05, 0.1) is 24.3 Å². The highest BCUT2D eigenvalue weighted by Crippen LogP contribution is 2.38. The van der Waals surface area contributed by atoms with Crippen LogP contribution in [0.3, 0.4) is 0 Å². The molecule has 1 aliphatic carbocycles. The Kier molecular flexibility index (Phi) is 2.48. The fraction of sp³-hybridized carbons (Fsp3) is 0.231. The van der Waals surface area contributed by atoms with Crippen molar-refractivity contribution in [3.63, 3.8) is 0 Å². The third kappa shape index (κ3) is 1.31. The zero-order valence-electron chi connectivity index (χ0n) is 8.64. The Balaban J connectivity index is 2.68. The van der Waals surface area contributed by atoms with Gasteiger partial charge in [-0.1, -0.05) is 30.3 Å². The molecule has 16 heavy (non-hydrogen) atoms. The number of benzene rings is 1. The number of hydrogen-bond donors (Lipinski definition) is 1. The molecule has 0 bridgehead atoms. The van der Waals surface area contributed by atoms with E-state index in [0.717, 1.165) is 11.1 Å². The minimum atomic E-state index is -0.892. The Hall–Kier alpha value is -2.10. The van der Waals surface area contributed by atoms with Gasteiger partial charge in [-0.2, -0.15) is 10.5 Å². The molecule has 0 aliphatic heterocycles. The van der Waals surface area contributed by atoms with Crippen LogP contribution in [0.15, 0.2) is 30.3 Å². The van der Waals surface area contributed by atoms with Crippen LogP contribution in [0.1, 0.15) is 17.5 Å². The SMILES string of the molecule is N#CC1=CCC(C#N)(CO)c2ccccc21. The van der Waals surface area contributed by atoms with Crippen molar-refractivity contribution < 1.29 is 5.11 Å². The average molecular weight is 210 g/mol. The molecule has 0 fully saturated rings. The van der Waals surface area contributed by atoms with E-state index in [1.54, 1.807) is 12.1 Å². The molecule has 78 valence electrons. The molecule has 0 spiro atoms. The van der Waals surface area contributed by atoms with Crippen LogP contribution >= 0.6 is 0 Å². The van der Waals surface area contributed by atoms with Crippen LogP contribution < -0.4 is 0 Å². The summed E-state index contributed by atoms with van der Waals surface area (Å²) in [7, 11) is 0. The van der Waals surface area contributed by atoms with Gasteiger partial charge in [-0.3, -0.25) is 0 Å². The second kappa shape index (κ2) is 3.81. The van der Waals surface area contributed by atoms with Gasteiger partial charge in [0, 0.05) is 0 Å². The van der Waals surface area contributed by atoms with E-state index in [1.807, 2.05) is 18.2 Å². The second-order valence-electron chi connectivity index (χ2n) is 3.83. The molecule has 0 saturated carbocycles. The molecule has 0 amide bonds. The number of aliphatic hydroxyl groups is 1. The monoisotopic (exact) mass is 210 g/mol. The summed E-state index contributed by atoms with van der Waals surface area (Å²) in [5.74, 6) is 0. The third-order valence-electron chi connectivity index (χ3n) is 2.99. The van der Waals surface area contributed by atoms with Crippen molar-refractivity contribution in [3.8, 4) is 12.1 Å². The lowest BCUT2D eigenvalue weighted by molar-refractivity contribution is 0.229. The quantitative estimate of drug-likeness (QED) is 0.767. The minimum absolute atomic E-state index is 0.226. The first-order valence-corrected chi connectivity index (χ1v) is 4.99. The summed E-state index contributed by atoms with van der Waals surface area (Å²) in [6.07, 6.45) is 2.11. The summed E-state index contributed by atoms with van der Waals surface area (Å²) in [4.78, 5) is 0. The predicted molar refractivity (Wildman–Crippen MR) is 59.0 cm³/mol. The summed E-state index contributed by atoms with van der Waals surface area (Å²) in [5, 5.41) is 27.6. The second-order valence-corrected chi connectivity index (χ2v) is 3.83. The highest BCUT2D eigenvalue weighted by Gasteiger charge is 2.36. The van der Waals surface area contributed by atoms with Crippen LogP contribution in [0.2, 0.25) is 0 Å².